The van der Waals surface area contributed by atoms with Crippen LogP contribution in [-0.2, 0) is 11.2 Å². The van der Waals surface area contributed by atoms with E-state index in [0.717, 1.165) is 36.5 Å². The molecule has 1 amide bonds. The van der Waals surface area contributed by atoms with Gasteiger partial charge in [0.2, 0.25) is 5.91 Å². The Bertz CT molecular complexity index is 519. The molecule has 0 bridgehead atoms. The second-order valence-electron chi connectivity index (χ2n) is 6.33. The molecule has 1 saturated carbocycles. The minimum Gasteiger partial charge on any atom is -0.355 e. The van der Waals surface area contributed by atoms with Gasteiger partial charge < -0.3 is 10.6 Å². The molecule has 3 rings (SSSR count). The third kappa shape index (κ3) is 2.95. The van der Waals surface area contributed by atoms with Crippen LogP contribution in [0.25, 0.3) is 0 Å². The molecule has 21 heavy (non-hydrogen) atoms. The number of rotatable bonds is 4. The average molecular weight is 307 g/mol. The Labute approximate surface area is 131 Å². The van der Waals surface area contributed by atoms with E-state index in [0.29, 0.717) is 12.5 Å². The predicted octanol–water partition coefficient (Wildman–Crippen LogP) is 2.78. The molecule has 4 heteroatoms. The smallest absolute Gasteiger partial charge is 0.227 e. The highest BCUT2D eigenvalue weighted by atomic mass is 35.5. The van der Waals surface area contributed by atoms with Gasteiger partial charge in [-0.1, -0.05) is 42.6 Å². The van der Waals surface area contributed by atoms with Crippen LogP contribution in [0.3, 0.4) is 0 Å². The standard InChI is InChI=1S/C17H23ClN2O/c18-15-7-2-1-5-13(15)8-10-20-16(21)17-9-4-3-6-14(17)11-19-12-17/h1-2,5,7,14,19H,3-4,6,8-12H2,(H,20,21)/t14-,17+/m0/s1. The lowest BCUT2D eigenvalue weighted by Gasteiger charge is -2.37. The number of halogens is 1. The maximum absolute atomic E-state index is 12.7. The molecular weight excluding hydrogens is 284 g/mol. The minimum absolute atomic E-state index is 0.154. The van der Waals surface area contributed by atoms with E-state index >= 15 is 0 Å². The maximum atomic E-state index is 12.7. The van der Waals surface area contributed by atoms with Gasteiger partial charge in [0.15, 0.2) is 0 Å². The van der Waals surface area contributed by atoms with Crippen molar-refractivity contribution in [1.82, 2.24) is 10.6 Å². The number of amides is 1. The Balaban J connectivity index is 1.58. The SMILES string of the molecule is O=C(NCCc1ccccc1Cl)[C@@]12CCCC[C@H]1CNC2. The van der Waals surface area contributed by atoms with Crippen LogP contribution >= 0.6 is 11.6 Å². The van der Waals surface area contributed by atoms with Crippen molar-refractivity contribution in [2.24, 2.45) is 11.3 Å². The highest BCUT2D eigenvalue weighted by molar-refractivity contribution is 6.31. The summed E-state index contributed by atoms with van der Waals surface area (Å²) in [7, 11) is 0. The van der Waals surface area contributed by atoms with E-state index in [9.17, 15) is 4.79 Å². The Morgan fingerprint density at radius 3 is 3.10 bits per heavy atom. The molecule has 2 N–H and O–H groups in total. The van der Waals surface area contributed by atoms with Crippen LogP contribution in [0, 0.1) is 11.3 Å². The lowest BCUT2D eigenvalue weighted by molar-refractivity contribution is -0.133. The normalized spacial score (nSPS) is 28.1. The average Bonchev–Trinajstić information content (AvgIpc) is 2.94. The third-order valence-electron chi connectivity index (χ3n) is 5.13. The van der Waals surface area contributed by atoms with Crippen molar-refractivity contribution in [1.29, 1.82) is 0 Å². The first-order chi connectivity index (χ1) is 10.2. The first-order valence-corrected chi connectivity index (χ1v) is 8.32. The van der Waals surface area contributed by atoms with Gasteiger partial charge >= 0.3 is 0 Å². The summed E-state index contributed by atoms with van der Waals surface area (Å²) in [5.41, 5.74) is 0.945. The minimum atomic E-state index is -0.154. The Hall–Kier alpha value is -1.06. The van der Waals surface area contributed by atoms with Crippen molar-refractivity contribution >= 4 is 17.5 Å². The van der Waals surface area contributed by atoms with E-state index in [2.05, 4.69) is 10.6 Å². The number of hydrogen-bond acceptors (Lipinski definition) is 2. The predicted molar refractivity (Wildman–Crippen MR) is 85.4 cm³/mol. The molecule has 0 spiro atoms. The molecule has 1 aromatic carbocycles. The fraction of sp³-hybridized carbons (Fsp3) is 0.588. The van der Waals surface area contributed by atoms with Crippen molar-refractivity contribution in [2.75, 3.05) is 19.6 Å². The largest absolute Gasteiger partial charge is 0.355 e. The monoisotopic (exact) mass is 306 g/mol. The highest BCUT2D eigenvalue weighted by Crippen LogP contribution is 2.43. The van der Waals surface area contributed by atoms with Gasteiger partial charge in [0.1, 0.15) is 0 Å². The molecule has 0 radical (unpaired) electrons. The summed E-state index contributed by atoms with van der Waals surface area (Å²) < 4.78 is 0. The molecule has 1 heterocycles. The highest BCUT2D eigenvalue weighted by Gasteiger charge is 2.49. The number of hydrogen-bond donors (Lipinski definition) is 2. The number of benzene rings is 1. The summed E-state index contributed by atoms with van der Waals surface area (Å²) in [5, 5.41) is 7.35. The van der Waals surface area contributed by atoms with Crippen LogP contribution in [0.1, 0.15) is 31.2 Å². The van der Waals surface area contributed by atoms with Gasteiger partial charge in [-0.2, -0.15) is 0 Å². The summed E-state index contributed by atoms with van der Waals surface area (Å²) >= 11 is 6.15. The molecule has 2 fully saturated rings. The van der Waals surface area contributed by atoms with Crippen LogP contribution in [0.4, 0.5) is 0 Å². The number of carbonyl (C=O) groups is 1. The summed E-state index contributed by atoms with van der Waals surface area (Å²) in [5.74, 6) is 0.760. The molecule has 0 aromatic heterocycles. The second kappa shape index (κ2) is 6.37. The quantitative estimate of drug-likeness (QED) is 0.898. The van der Waals surface area contributed by atoms with Gasteiger partial charge in [-0.15, -0.1) is 0 Å². The second-order valence-corrected chi connectivity index (χ2v) is 6.73. The van der Waals surface area contributed by atoms with Crippen LogP contribution in [0.5, 0.6) is 0 Å². The number of carbonyl (C=O) groups excluding carboxylic acids is 1. The van der Waals surface area contributed by atoms with E-state index in [4.69, 9.17) is 11.6 Å². The fourth-order valence-corrected chi connectivity index (χ4v) is 4.11. The zero-order valence-corrected chi connectivity index (χ0v) is 13.1. The third-order valence-corrected chi connectivity index (χ3v) is 5.50. The van der Waals surface area contributed by atoms with Gasteiger partial charge in [-0.05, 0) is 43.4 Å². The number of nitrogens with one attached hydrogen (secondary N) is 2. The van der Waals surface area contributed by atoms with Crippen molar-refractivity contribution in [2.45, 2.75) is 32.1 Å². The number of fused-ring (bicyclic) bond motifs is 1. The van der Waals surface area contributed by atoms with E-state index in [1.807, 2.05) is 24.3 Å². The molecule has 114 valence electrons. The van der Waals surface area contributed by atoms with Gasteiger partial charge in [0, 0.05) is 18.1 Å². The Morgan fingerprint density at radius 2 is 2.24 bits per heavy atom. The van der Waals surface area contributed by atoms with Crippen LogP contribution in [-0.4, -0.2) is 25.5 Å². The Morgan fingerprint density at radius 1 is 1.38 bits per heavy atom. The van der Waals surface area contributed by atoms with Crippen molar-refractivity contribution in [3.05, 3.63) is 34.9 Å². The zero-order valence-electron chi connectivity index (χ0n) is 12.3. The molecule has 1 aliphatic carbocycles. The first-order valence-electron chi connectivity index (χ1n) is 7.95. The van der Waals surface area contributed by atoms with Crippen molar-refractivity contribution in [3.8, 4) is 0 Å². The molecule has 2 aliphatic rings. The van der Waals surface area contributed by atoms with Crippen LogP contribution in [0.15, 0.2) is 24.3 Å². The summed E-state index contributed by atoms with van der Waals surface area (Å²) in [4.78, 5) is 12.7. The molecular formula is C17H23ClN2O. The van der Waals surface area contributed by atoms with E-state index in [1.54, 1.807) is 0 Å². The molecule has 1 aliphatic heterocycles. The van der Waals surface area contributed by atoms with E-state index in [1.165, 1.54) is 19.3 Å². The molecule has 2 atom stereocenters. The van der Waals surface area contributed by atoms with Crippen molar-refractivity contribution in [3.63, 3.8) is 0 Å². The molecule has 1 aromatic rings. The lowest BCUT2D eigenvalue weighted by atomic mass is 9.67. The van der Waals surface area contributed by atoms with Gasteiger partial charge in [0.25, 0.3) is 0 Å². The molecule has 3 nitrogen and oxygen atoms in total. The molecule has 0 unspecified atom stereocenters. The maximum Gasteiger partial charge on any atom is 0.227 e. The van der Waals surface area contributed by atoms with E-state index < -0.39 is 0 Å². The zero-order chi connectivity index (χ0) is 14.7. The molecule has 1 saturated heterocycles. The van der Waals surface area contributed by atoms with Crippen LogP contribution < -0.4 is 10.6 Å². The topological polar surface area (TPSA) is 41.1 Å². The summed E-state index contributed by atoms with van der Waals surface area (Å²) in [6.07, 6.45) is 5.45. The van der Waals surface area contributed by atoms with Crippen molar-refractivity contribution < 1.29 is 4.79 Å². The summed E-state index contributed by atoms with van der Waals surface area (Å²) in [6, 6.07) is 7.84. The summed E-state index contributed by atoms with van der Waals surface area (Å²) in [6.45, 7) is 2.50. The first kappa shape index (κ1) is 14.9. The Kier molecular flexibility index (Phi) is 4.51. The van der Waals surface area contributed by atoms with Gasteiger partial charge in [-0.25, -0.2) is 0 Å². The fourth-order valence-electron chi connectivity index (χ4n) is 3.88. The lowest BCUT2D eigenvalue weighted by Crippen LogP contribution is -2.48. The van der Waals surface area contributed by atoms with Gasteiger partial charge in [0.05, 0.1) is 5.41 Å². The van der Waals surface area contributed by atoms with Crippen LogP contribution in [0.2, 0.25) is 5.02 Å². The van der Waals surface area contributed by atoms with E-state index in [-0.39, 0.29) is 11.3 Å². The van der Waals surface area contributed by atoms with Gasteiger partial charge in [-0.3, -0.25) is 4.79 Å².